The summed E-state index contributed by atoms with van der Waals surface area (Å²) in [7, 11) is 3.24. The number of hydrogen-bond acceptors (Lipinski definition) is 6. The summed E-state index contributed by atoms with van der Waals surface area (Å²) < 4.78 is 5.22. The van der Waals surface area contributed by atoms with Gasteiger partial charge in [0.05, 0.1) is 38.8 Å². The number of pyridine rings is 1. The first-order valence-corrected chi connectivity index (χ1v) is 12.9. The van der Waals surface area contributed by atoms with E-state index in [9.17, 15) is 14.4 Å². The van der Waals surface area contributed by atoms with Crippen molar-refractivity contribution < 1.29 is 19.1 Å². The summed E-state index contributed by atoms with van der Waals surface area (Å²) >= 11 is 13.5. The van der Waals surface area contributed by atoms with Gasteiger partial charge in [0.2, 0.25) is 0 Å². The van der Waals surface area contributed by atoms with Crippen LogP contribution in [0.1, 0.15) is 42.9 Å². The Morgan fingerprint density at radius 3 is 2.49 bits per heavy atom. The third kappa shape index (κ3) is 5.32. The zero-order chi connectivity index (χ0) is 26.9. The lowest BCUT2D eigenvalue weighted by Crippen LogP contribution is -2.21. The highest BCUT2D eigenvalue weighted by molar-refractivity contribution is 7.18. The van der Waals surface area contributed by atoms with Crippen LogP contribution in [-0.2, 0) is 4.74 Å². The van der Waals surface area contributed by atoms with E-state index in [1.165, 1.54) is 4.90 Å². The SMILES string of the molecule is CCOC(=O)c1c(NC(=O)c2cc(-c3ccc(Cl)cc3Cl)nc3ccccc23)sc(C(=O)N(C)C)c1C. The van der Waals surface area contributed by atoms with E-state index in [-0.39, 0.29) is 23.1 Å². The van der Waals surface area contributed by atoms with Crippen molar-refractivity contribution in [3.8, 4) is 11.3 Å². The number of aromatic nitrogens is 1. The van der Waals surface area contributed by atoms with Crippen molar-refractivity contribution in [3.05, 3.63) is 80.1 Å². The highest BCUT2D eigenvalue weighted by atomic mass is 35.5. The molecule has 0 bridgehead atoms. The van der Waals surface area contributed by atoms with Gasteiger partial charge in [-0.2, -0.15) is 0 Å². The number of rotatable bonds is 6. The number of carbonyl (C=O) groups excluding carboxylic acids is 3. The molecule has 0 spiro atoms. The maximum Gasteiger partial charge on any atom is 0.341 e. The van der Waals surface area contributed by atoms with Crippen molar-refractivity contribution in [2.45, 2.75) is 13.8 Å². The van der Waals surface area contributed by atoms with Gasteiger partial charge in [0, 0.05) is 30.1 Å². The number of nitrogens with one attached hydrogen (secondary N) is 1. The minimum atomic E-state index is -0.613. The number of halogens is 2. The van der Waals surface area contributed by atoms with Crippen LogP contribution >= 0.6 is 34.5 Å². The summed E-state index contributed by atoms with van der Waals surface area (Å²) in [5.41, 5.74) is 2.63. The van der Waals surface area contributed by atoms with E-state index in [0.29, 0.717) is 48.2 Å². The number of anilines is 1. The molecule has 7 nitrogen and oxygen atoms in total. The lowest BCUT2D eigenvalue weighted by Gasteiger charge is -2.12. The standard InChI is InChI=1S/C27H23Cl2N3O4S/c1-5-36-27(35)22-14(2)23(26(34)32(3)4)37-25(22)31-24(33)18-13-21(17-11-10-15(28)12-19(17)29)30-20-9-7-6-8-16(18)20/h6-13H,5H2,1-4H3,(H,31,33). The topological polar surface area (TPSA) is 88.6 Å². The quantitative estimate of drug-likeness (QED) is 0.267. The van der Waals surface area contributed by atoms with E-state index in [0.717, 1.165) is 11.3 Å². The van der Waals surface area contributed by atoms with Crippen LogP contribution in [-0.4, -0.2) is 48.4 Å². The lowest BCUT2D eigenvalue weighted by atomic mass is 10.0. The number of fused-ring (bicyclic) bond motifs is 1. The molecule has 4 rings (SSSR count). The molecule has 0 atom stereocenters. The van der Waals surface area contributed by atoms with Crippen molar-refractivity contribution in [2.24, 2.45) is 0 Å². The van der Waals surface area contributed by atoms with Gasteiger partial charge >= 0.3 is 5.97 Å². The minimum Gasteiger partial charge on any atom is -0.462 e. The first-order chi connectivity index (χ1) is 17.6. The fourth-order valence-electron chi connectivity index (χ4n) is 3.83. The highest BCUT2D eigenvalue weighted by Gasteiger charge is 2.28. The molecule has 190 valence electrons. The van der Waals surface area contributed by atoms with E-state index >= 15 is 0 Å². The number of benzene rings is 2. The molecule has 0 aliphatic carbocycles. The summed E-state index contributed by atoms with van der Waals surface area (Å²) in [5.74, 6) is -1.36. The Morgan fingerprint density at radius 2 is 1.81 bits per heavy atom. The fourth-order valence-corrected chi connectivity index (χ4v) is 5.54. The van der Waals surface area contributed by atoms with Crippen LogP contribution in [0.25, 0.3) is 22.2 Å². The Bertz CT molecular complexity index is 1550. The molecule has 0 aliphatic rings. The van der Waals surface area contributed by atoms with Crippen LogP contribution < -0.4 is 5.32 Å². The average Bonchev–Trinajstić information content (AvgIpc) is 3.18. The minimum absolute atomic E-state index is 0.151. The predicted molar refractivity (Wildman–Crippen MR) is 148 cm³/mol. The van der Waals surface area contributed by atoms with Crippen molar-refractivity contribution in [2.75, 3.05) is 26.0 Å². The van der Waals surface area contributed by atoms with Gasteiger partial charge in [-0.3, -0.25) is 9.59 Å². The zero-order valence-corrected chi connectivity index (χ0v) is 22.8. The molecule has 37 heavy (non-hydrogen) atoms. The van der Waals surface area contributed by atoms with Crippen LogP contribution in [0, 0.1) is 6.92 Å². The average molecular weight is 556 g/mol. The summed E-state index contributed by atoms with van der Waals surface area (Å²) in [6.07, 6.45) is 0. The Labute approximate surface area is 228 Å². The van der Waals surface area contributed by atoms with Gasteiger partial charge in [-0.1, -0.05) is 41.4 Å². The van der Waals surface area contributed by atoms with Gasteiger partial charge in [-0.05, 0) is 49.7 Å². The summed E-state index contributed by atoms with van der Waals surface area (Å²) in [6, 6.07) is 13.9. The molecule has 2 heterocycles. The molecule has 1 N–H and O–H groups in total. The van der Waals surface area contributed by atoms with Gasteiger partial charge in [-0.25, -0.2) is 9.78 Å². The van der Waals surface area contributed by atoms with Crippen molar-refractivity contribution in [1.29, 1.82) is 0 Å². The monoisotopic (exact) mass is 555 g/mol. The number of amides is 2. The Hall–Kier alpha value is -3.46. The molecule has 0 saturated carbocycles. The molecular formula is C27H23Cl2N3O4S. The molecule has 4 aromatic rings. The van der Waals surface area contributed by atoms with Gasteiger partial charge < -0.3 is 15.0 Å². The van der Waals surface area contributed by atoms with E-state index < -0.39 is 11.9 Å². The number of para-hydroxylation sites is 1. The largest absolute Gasteiger partial charge is 0.462 e. The lowest BCUT2D eigenvalue weighted by molar-refractivity contribution is 0.0527. The van der Waals surface area contributed by atoms with Crippen molar-refractivity contribution >= 4 is 68.2 Å². The van der Waals surface area contributed by atoms with Gasteiger partial charge in [0.25, 0.3) is 11.8 Å². The Balaban J connectivity index is 1.83. The molecule has 0 unspecified atom stereocenters. The number of hydrogen-bond donors (Lipinski definition) is 1. The van der Waals surface area contributed by atoms with Crippen LogP contribution in [0.5, 0.6) is 0 Å². The molecular weight excluding hydrogens is 533 g/mol. The molecule has 2 aromatic carbocycles. The maximum atomic E-state index is 13.7. The second-order valence-electron chi connectivity index (χ2n) is 8.33. The van der Waals surface area contributed by atoms with Crippen molar-refractivity contribution in [1.82, 2.24) is 9.88 Å². The highest BCUT2D eigenvalue weighted by Crippen LogP contribution is 2.36. The maximum absolute atomic E-state index is 13.7. The summed E-state index contributed by atoms with van der Waals surface area (Å²) in [6.45, 7) is 3.51. The Morgan fingerprint density at radius 1 is 1.08 bits per heavy atom. The number of nitrogens with zero attached hydrogens (tertiary/aromatic N) is 2. The van der Waals surface area contributed by atoms with E-state index in [2.05, 4.69) is 10.3 Å². The second-order valence-corrected chi connectivity index (χ2v) is 10.2. The van der Waals surface area contributed by atoms with Gasteiger partial charge in [0.15, 0.2) is 0 Å². The molecule has 10 heteroatoms. The smallest absolute Gasteiger partial charge is 0.341 e. The van der Waals surface area contributed by atoms with Crippen LogP contribution in [0.2, 0.25) is 10.0 Å². The molecule has 2 amide bonds. The molecule has 0 aliphatic heterocycles. The zero-order valence-electron chi connectivity index (χ0n) is 20.5. The predicted octanol–water partition coefficient (Wildman–Crippen LogP) is 6.71. The fraction of sp³-hybridized carbons (Fsp3) is 0.185. The van der Waals surface area contributed by atoms with Gasteiger partial charge in [0.1, 0.15) is 5.00 Å². The summed E-state index contributed by atoms with van der Waals surface area (Å²) in [5, 5.41) is 4.57. The van der Waals surface area contributed by atoms with Crippen molar-refractivity contribution in [3.63, 3.8) is 0 Å². The normalized spacial score (nSPS) is 10.9. The number of carbonyl (C=O) groups is 3. The molecule has 0 fully saturated rings. The van der Waals surface area contributed by atoms with Crippen LogP contribution in [0.4, 0.5) is 5.00 Å². The third-order valence-corrected chi connectivity index (χ3v) is 7.36. The molecule has 2 aromatic heterocycles. The van der Waals surface area contributed by atoms with E-state index in [1.807, 2.05) is 12.1 Å². The second kappa shape index (κ2) is 10.9. The first kappa shape index (κ1) is 26.6. The number of ether oxygens (including phenoxy) is 1. The van der Waals surface area contributed by atoms with Gasteiger partial charge in [-0.15, -0.1) is 11.3 Å². The van der Waals surface area contributed by atoms with Crippen LogP contribution in [0.15, 0.2) is 48.5 Å². The van der Waals surface area contributed by atoms with Crippen LogP contribution in [0.3, 0.4) is 0 Å². The Kier molecular flexibility index (Phi) is 7.82. The third-order valence-electron chi connectivity index (χ3n) is 5.62. The summed E-state index contributed by atoms with van der Waals surface area (Å²) in [4.78, 5) is 45.7. The van der Waals surface area contributed by atoms with E-state index in [1.54, 1.807) is 64.3 Å². The number of esters is 1. The van der Waals surface area contributed by atoms with E-state index in [4.69, 9.17) is 27.9 Å². The molecule has 0 saturated heterocycles. The first-order valence-electron chi connectivity index (χ1n) is 11.3. The number of thiophene rings is 1. The molecule has 0 radical (unpaired) electrons.